The fourth-order valence-corrected chi connectivity index (χ4v) is 3.74. The fourth-order valence-electron chi connectivity index (χ4n) is 3.74. The molecule has 0 bridgehead atoms. The summed E-state index contributed by atoms with van der Waals surface area (Å²) in [7, 11) is 0. The van der Waals surface area contributed by atoms with Gasteiger partial charge in [-0.3, -0.25) is 9.69 Å². The van der Waals surface area contributed by atoms with E-state index in [-0.39, 0.29) is 23.9 Å². The molecular weight excluding hydrogens is 304 g/mol. The van der Waals surface area contributed by atoms with Crippen molar-refractivity contribution >= 4 is 12.0 Å². The monoisotopic (exact) mass is 330 g/mol. The van der Waals surface area contributed by atoms with Gasteiger partial charge in [0.05, 0.1) is 6.04 Å². The third kappa shape index (κ3) is 3.18. The van der Waals surface area contributed by atoms with E-state index in [1.165, 1.54) is 10.5 Å². The van der Waals surface area contributed by atoms with Crippen LogP contribution in [-0.4, -0.2) is 46.5 Å². The summed E-state index contributed by atoms with van der Waals surface area (Å²) in [5.41, 5.74) is 0.605. The van der Waals surface area contributed by atoms with Crippen LogP contribution in [0, 0.1) is 5.92 Å². The predicted molar refractivity (Wildman–Crippen MR) is 91.4 cm³/mol. The fraction of sp³-hybridized carbons (Fsp3) is 0.579. The summed E-state index contributed by atoms with van der Waals surface area (Å²) in [5.74, 6) is 0.0886. The molecule has 24 heavy (non-hydrogen) atoms. The Balaban J connectivity index is 1.75. The number of imide groups is 1. The van der Waals surface area contributed by atoms with Gasteiger partial charge in [-0.2, -0.15) is 0 Å². The molecule has 0 spiro atoms. The van der Waals surface area contributed by atoms with E-state index in [9.17, 15) is 9.59 Å². The molecule has 0 aliphatic carbocycles. The van der Waals surface area contributed by atoms with Gasteiger partial charge >= 0.3 is 6.09 Å². The minimum atomic E-state index is -0.591. The van der Waals surface area contributed by atoms with Crippen LogP contribution in [0.25, 0.3) is 0 Å². The first-order valence-electron chi connectivity index (χ1n) is 8.63. The van der Waals surface area contributed by atoms with Crippen molar-refractivity contribution in [2.24, 2.45) is 5.92 Å². The number of carbonyl (C=O) groups excluding carboxylic acids is 2. The lowest BCUT2D eigenvalue weighted by Crippen LogP contribution is -2.44. The van der Waals surface area contributed by atoms with Crippen molar-refractivity contribution < 1.29 is 14.3 Å². The number of hydrogen-bond acceptors (Lipinski definition) is 4. The Hall–Kier alpha value is -1.88. The van der Waals surface area contributed by atoms with Gasteiger partial charge in [-0.05, 0) is 46.2 Å². The zero-order valence-corrected chi connectivity index (χ0v) is 14.9. The number of benzene rings is 1. The molecule has 5 heteroatoms. The summed E-state index contributed by atoms with van der Waals surface area (Å²) in [6.45, 7) is 8.93. The highest BCUT2D eigenvalue weighted by Crippen LogP contribution is 2.38. The molecule has 0 unspecified atom stereocenters. The molecule has 2 aliphatic rings. The SMILES string of the molecule is C[C@H](c1ccccc1)N1CC[C@@H]2CN(C(=O)OC(C)(C)C)C(=O)[C@@H]21. The molecule has 2 saturated heterocycles. The van der Waals surface area contributed by atoms with Gasteiger partial charge in [-0.15, -0.1) is 0 Å². The van der Waals surface area contributed by atoms with Gasteiger partial charge in [0.25, 0.3) is 0 Å². The van der Waals surface area contributed by atoms with E-state index in [0.717, 1.165) is 13.0 Å². The highest BCUT2D eigenvalue weighted by Gasteiger charge is 2.51. The summed E-state index contributed by atoms with van der Waals surface area (Å²) in [6.07, 6.45) is 0.418. The predicted octanol–water partition coefficient (Wildman–Crippen LogP) is 3.22. The minimum absolute atomic E-state index is 0.116. The summed E-state index contributed by atoms with van der Waals surface area (Å²) in [4.78, 5) is 28.7. The lowest BCUT2D eigenvalue weighted by Gasteiger charge is -2.30. The van der Waals surface area contributed by atoms with Crippen molar-refractivity contribution in [1.29, 1.82) is 0 Å². The summed E-state index contributed by atoms with van der Waals surface area (Å²) in [6, 6.07) is 10.1. The van der Waals surface area contributed by atoms with Crippen molar-refractivity contribution in [2.45, 2.75) is 51.8 Å². The lowest BCUT2D eigenvalue weighted by molar-refractivity contribution is -0.131. The maximum atomic E-state index is 12.8. The zero-order chi connectivity index (χ0) is 17.5. The topological polar surface area (TPSA) is 49.9 Å². The summed E-state index contributed by atoms with van der Waals surface area (Å²) in [5, 5.41) is 0. The van der Waals surface area contributed by atoms with Gasteiger partial charge in [0.1, 0.15) is 5.60 Å². The number of rotatable bonds is 2. The standard InChI is InChI=1S/C19H26N2O3/c1-13(14-8-6-5-7-9-14)20-11-10-15-12-21(17(22)16(15)20)18(23)24-19(2,3)4/h5-9,13,15-16H,10-12H2,1-4H3/t13-,15-,16-/m1/s1. The summed E-state index contributed by atoms with van der Waals surface area (Å²) >= 11 is 0. The average Bonchev–Trinajstić information content (AvgIpc) is 3.06. The Bertz CT molecular complexity index is 623. The molecule has 2 heterocycles. The van der Waals surface area contributed by atoms with Crippen molar-refractivity contribution in [2.75, 3.05) is 13.1 Å². The van der Waals surface area contributed by atoms with Gasteiger partial charge in [-0.25, -0.2) is 9.69 Å². The van der Waals surface area contributed by atoms with Gasteiger partial charge in [-0.1, -0.05) is 30.3 Å². The molecule has 130 valence electrons. The van der Waals surface area contributed by atoms with Crippen LogP contribution in [0.4, 0.5) is 4.79 Å². The number of amides is 2. The van der Waals surface area contributed by atoms with E-state index < -0.39 is 11.7 Å². The van der Waals surface area contributed by atoms with E-state index in [1.54, 1.807) is 0 Å². The second kappa shape index (κ2) is 6.20. The third-order valence-electron chi connectivity index (χ3n) is 4.89. The normalized spacial score (nSPS) is 25.7. The van der Waals surface area contributed by atoms with Crippen LogP contribution in [0.2, 0.25) is 0 Å². The maximum Gasteiger partial charge on any atom is 0.417 e. The number of carbonyl (C=O) groups is 2. The summed E-state index contributed by atoms with van der Waals surface area (Å²) < 4.78 is 5.39. The molecular formula is C19H26N2O3. The largest absolute Gasteiger partial charge is 0.443 e. The molecule has 0 radical (unpaired) electrons. The average molecular weight is 330 g/mol. The maximum absolute atomic E-state index is 12.8. The van der Waals surface area contributed by atoms with Gasteiger partial charge in [0, 0.05) is 18.5 Å². The van der Waals surface area contributed by atoms with Crippen LogP contribution < -0.4 is 0 Å². The first-order chi connectivity index (χ1) is 11.3. The van der Waals surface area contributed by atoms with Crippen molar-refractivity contribution in [3.05, 3.63) is 35.9 Å². The van der Waals surface area contributed by atoms with Gasteiger partial charge in [0.15, 0.2) is 0 Å². The Morgan fingerprint density at radius 2 is 1.92 bits per heavy atom. The van der Waals surface area contributed by atoms with E-state index in [4.69, 9.17) is 4.74 Å². The number of ether oxygens (including phenoxy) is 1. The van der Waals surface area contributed by atoms with E-state index in [2.05, 4.69) is 24.0 Å². The molecule has 2 aliphatic heterocycles. The molecule has 0 saturated carbocycles. The van der Waals surface area contributed by atoms with Crippen LogP contribution in [-0.2, 0) is 9.53 Å². The Morgan fingerprint density at radius 1 is 1.25 bits per heavy atom. The second-order valence-corrected chi connectivity index (χ2v) is 7.75. The number of fused-ring (bicyclic) bond motifs is 1. The molecule has 2 amide bonds. The van der Waals surface area contributed by atoms with Crippen molar-refractivity contribution in [3.8, 4) is 0 Å². The Labute approximate surface area is 143 Å². The van der Waals surface area contributed by atoms with Crippen LogP contribution in [0.1, 0.15) is 45.7 Å². The molecule has 3 atom stereocenters. The molecule has 1 aromatic rings. The highest BCUT2D eigenvalue weighted by molar-refractivity contribution is 5.97. The quantitative estimate of drug-likeness (QED) is 0.835. The second-order valence-electron chi connectivity index (χ2n) is 7.75. The molecule has 3 rings (SSSR count). The smallest absolute Gasteiger partial charge is 0.417 e. The number of nitrogens with zero attached hydrogens (tertiary/aromatic N) is 2. The number of likely N-dealkylation sites (tertiary alicyclic amines) is 2. The first kappa shape index (κ1) is 17.0. The molecule has 1 aromatic carbocycles. The van der Waals surface area contributed by atoms with Gasteiger partial charge < -0.3 is 4.74 Å². The third-order valence-corrected chi connectivity index (χ3v) is 4.89. The van der Waals surface area contributed by atoms with Crippen LogP contribution in [0.3, 0.4) is 0 Å². The van der Waals surface area contributed by atoms with E-state index in [0.29, 0.717) is 6.54 Å². The van der Waals surface area contributed by atoms with Crippen LogP contribution >= 0.6 is 0 Å². The molecule has 5 nitrogen and oxygen atoms in total. The van der Waals surface area contributed by atoms with Crippen molar-refractivity contribution in [1.82, 2.24) is 9.80 Å². The first-order valence-corrected chi connectivity index (χ1v) is 8.63. The molecule has 2 fully saturated rings. The number of hydrogen-bond donors (Lipinski definition) is 0. The lowest BCUT2D eigenvalue weighted by atomic mass is 10.0. The Kier molecular flexibility index (Phi) is 4.38. The van der Waals surface area contributed by atoms with Crippen LogP contribution in [0.5, 0.6) is 0 Å². The Morgan fingerprint density at radius 3 is 2.54 bits per heavy atom. The molecule has 0 N–H and O–H groups in total. The molecule has 0 aromatic heterocycles. The van der Waals surface area contributed by atoms with Crippen LogP contribution in [0.15, 0.2) is 30.3 Å². The van der Waals surface area contributed by atoms with E-state index in [1.807, 2.05) is 39.0 Å². The van der Waals surface area contributed by atoms with E-state index >= 15 is 0 Å². The van der Waals surface area contributed by atoms with Crippen molar-refractivity contribution in [3.63, 3.8) is 0 Å². The van der Waals surface area contributed by atoms with Gasteiger partial charge in [0.2, 0.25) is 5.91 Å². The highest BCUT2D eigenvalue weighted by atomic mass is 16.6. The zero-order valence-electron chi connectivity index (χ0n) is 14.9. The minimum Gasteiger partial charge on any atom is -0.443 e.